The Labute approximate surface area is 113 Å². The quantitative estimate of drug-likeness (QED) is 0.859. The topological polar surface area (TPSA) is 41.1 Å². The molecule has 3 nitrogen and oxygen atoms in total. The summed E-state index contributed by atoms with van der Waals surface area (Å²) in [5, 5.41) is 8.57. The molecule has 0 aliphatic carbocycles. The molecule has 0 aromatic carbocycles. The summed E-state index contributed by atoms with van der Waals surface area (Å²) in [7, 11) is 0. The highest BCUT2D eigenvalue weighted by Gasteiger charge is 2.38. The van der Waals surface area contributed by atoms with E-state index >= 15 is 0 Å². The zero-order chi connectivity index (χ0) is 13.0. The molecule has 2 heterocycles. The molecule has 0 saturated carbocycles. The first-order valence-corrected chi connectivity index (χ1v) is 7.68. The molecule has 1 aromatic rings. The van der Waals surface area contributed by atoms with Gasteiger partial charge in [-0.15, -0.1) is 11.3 Å². The molecule has 4 heteroatoms. The standard InChI is InChI=1S/C14H22N2OS/c1-3-11-6-9-18-12(11)10-15-13(17)14(4-2)7-5-8-16-14/h6,9,16H,3-5,7-8,10H2,1-2H3,(H,15,17). The minimum absolute atomic E-state index is 0.165. The van der Waals surface area contributed by atoms with E-state index in [4.69, 9.17) is 0 Å². The molecule has 18 heavy (non-hydrogen) atoms. The minimum Gasteiger partial charge on any atom is -0.350 e. The molecule has 1 unspecified atom stereocenters. The Hall–Kier alpha value is -0.870. The van der Waals surface area contributed by atoms with Crippen LogP contribution in [0.3, 0.4) is 0 Å². The summed E-state index contributed by atoms with van der Waals surface area (Å²) in [4.78, 5) is 13.6. The maximum Gasteiger partial charge on any atom is 0.240 e. The van der Waals surface area contributed by atoms with Gasteiger partial charge in [0.25, 0.3) is 0 Å². The van der Waals surface area contributed by atoms with Crippen LogP contribution >= 0.6 is 11.3 Å². The lowest BCUT2D eigenvalue weighted by molar-refractivity contribution is -0.127. The van der Waals surface area contributed by atoms with Crippen LogP contribution in [0.15, 0.2) is 11.4 Å². The van der Waals surface area contributed by atoms with Crippen LogP contribution in [-0.2, 0) is 17.8 Å². The second-order valence-electron chi connectivity index (χ2n) is 4.87. The largest absolute Gasteiger partial charge is 0.350 e. The number of aryl methyl sites for hydroxylation is 1. The number of hydrogen-bond donors (Lipinski definition) is 2. The summed E-state index contributed by atoms with van der Waals surface area (Å²) in [6, 6.07) is 2.15. The second kappa shape index (κ2) is 5.85. The number of carbonyl (C=O) groups excluding carboxylic acids is 1. The van der Waals surface area contributed by atoms with Crippen molar-refractivity contribution >= 4 is 17.2 Å². The van der Waals surface area contributed by atoms with Gasteiger partial charge in [-0.1, -0.05) is 13.8 Å². The number of carbonyl (C=O) groups is 1. The molecule has 1 aliphatic heterocycles. The molecule has 1 fully saturated rings. The Morgan fingerprint density at radius 1 is 1.56 bits per heavy atom. The van der Waals surface area contributed by atoms with Gasteiger partial charge in [0.05, 0.1) is 12.1 Å². The van der Waals surface area contributed by atoms with Crippen molar-refractivity contribution in [1.82, 2.24) is 10.6 Å². The smallest absolute Gasteiger partial charge is 0.240 e. The van der Waals surface area contributed by atoms with Gasteiger partial charge in [0.2, 0.25) is 5.91 Å². The molecular formula is C14H22N2OS. The van der Waals surface area contributed by atoms with Gasteiger partial charge in [-0.3, -0.25) is 4.79 Å². The van der Waals surface area contributed by atoms with Gasteiger partial charge in [-0.25, -0.2) is 0 Å². The normalized spacial score (nSPS) is 23.2. The highest BCUT2D eigenvalue weighted by atomic mass is 32.1. The Bertz CT molecular complexity index is 408. The maximum absolute atomic E-state index is 12.3. The van der Waals surface area contributed by atoms with Crippen LogP contribution in [0.1, 0.15) is 43.6 Å². The van der Waals surface area contributed by atoms with Crippen molar-refractivity contribution in [2.45, 2.75) is 51.6 Å². The molecule has 1 amide bonds. The first-order chi connectivity index (χ1) is 8.72. The second-order valence-corrected chi connectivity index (χ2v) is 5.87. The van der Waals surface area contributed by atoms with E-state index in [-0.39, 0.29) is 11.4 Å². The van der Waals surface area contributed by atoms with Crippen LogP contribution < -0.4 is 10.6 Å². The average molecular weight is 266 g/mol. The van der Waals surface area contributed by atoms with Crippen molar-refractivity contribution in [3.63, 3.8) is 0 Å². The predicted octanol–water partition coefficient (Wildman–Crippen LogP) is 2.46. The average Bonchev–Trinajstić information content (AvgIpc) is 3.05. The molecule has 100 valence electrons. The van der Waals surface area contributed by atoms with Crippen LogP contribution in [0.5, 0.6) is 0 Å². The van der Waals surface area contributed by atoms with E-state index in [0.29, 0.717) is 6.54 Å². The van der Waals surface area contributed by atoms with Crippen molar-refractivity contribution in [3.05, 3.63) is 21.9 Å². The fraction of sp³-hybridized carbons (Fsp3) is 0.643. The highest BCUT2D eigenvalue weighted by Crippen LogP contribution is 2.24. The van der Waals surface area contributed by atoms with Crippen LogP contribution in [0.2, 0.25) is 0 Å². The molecule has 0 radical (unpaired) electrons. The molecule has 1 atom stereocenters. The van der Waals surface area contributed by atoms with Crippen molar-refractivity contribution in [1.29, 1.82) is 0 Å². The maximum atomic E-state index is 12.3. The molecule has 1 aromatic heterocycles. The summed E-state index contributed by atoms with van der Waals surface area (Å²) in [5.74, 6) is 0.165. The van der Waals surface area contributed by atoms with Gasteiger partial charge < -0.3 is 10.6 Å². The summed E-state index contributed by atoms with van der Waals surface area (Å²) < 4.78 is 0. The van der Waals surface area contributed by atoms with Gasteiger partial charge in [0, 0.05) is 4.88 Å². The fourth-order valence-corrected chi connectivity index (χ4v) is 3.55. The van der Waals surface area contributed by atoms with E-state index in [9.17, 15) is 4.79 Å². The monoisotopic (exact) mass is 266 g/mol. The summed E-state index contributed by atoms with van der Waals surface area (Å²) in [6.45, 7) is 5.86. The van der Waals surface area contributed by atoms with E-state index in [0.717, 1.165) is 32.2 Å². The van der Waals surface area contributed by atoms with Gasteiger partial charge >= 0.3 is 0 Å². The molecule has 1 saturated heterocycles. The Morgan fingerprint density at radius 3 is 3.00 bits per heavy atom. The van der Waals surface area contributed by atoms with Crippen LogP contribution in [0, 0.1) is 0 Å². The van der Waals surface area contributed by atoms with Crippen molar-refractivity contribution in [3.8, 4) is 0 Å². The third kappa shape index (κ3) is 2.59. The lowest BCUT2D eigenvalue weighted by Gasteiger charge is -2.26. The number of amides is 1. The van der Waals surface area contributed by atoms with Gasteiger partial charge in [-0.05, 0) is 49.2 Å². The first-order valence-electron chi connectivity index (χ1n) is 6.80. The summed E-state index contributed by atoms with van der Waals surface area (Å²) in [5.41, 5.74) is 1.04. The van der Waals surface area contributed by atoms with Crippen LogP contribution in [0.4, 0.5) is 0 Å². The van der Waals surface area contributed by atoms with Crippen molar-refractivity contribution < 1.29 is 4.79 Å². The molecule has 2 N–H and O–H groups in total. The summed E-state index contributed by atoms with van der Waals surface area (Å²) >= 11 is 1.73. The van der Waals surface area contributed by atoms with Crippen molar-refractivity contribution in [2.24, 2.45) is 0 Å². The fourth-order valence-electron chi connectivity index (χ4n) is 2.63. The van der Waals surface area contributed by atoms with E-state index in [2.05, 4.69) is 35.9 Å². The number of thiophene rings is 1. The van der Waals surface area contributed by atoms with Gasteiger partial charge in [-0.2, -0.15) is 0 Å². The van der Waals surface area contributed by atoms with E-state index in [1.165, 1.54) is 10.4 Å². The van der Waals surface area contributed by atoms with Crippen LogP contribution in [-0.4, -0.2) is 18.0 Å². The number of rotatable bonds is 5. The van der Waals surface area contributed by atoms with Gasteiger partial charge in [0.1, 0.15) is 0 Å². The van der Waals surface area contributed by atoms with Crippen LogP contribution in [0.25, 0.3) is 0 Å². The molecular weight excluding hydrogens is 244 g/mol. The first kappa shape index (κ1) is 13.6. The van der Waals surface area contributed by atoms with E-state index in [1.807, 2.05) is 0 Å². The highest BCUT2D eigenvalue weighted by molar-refractivity contribution is 7.10. The third-order valence-electron chi connectivity index (χ3n) is 3.91. The minimum atomic E-state index is -0.316. The summed E-state index contributed by atoms with van der Waals surface area (Å²) in [6.07, 6.45) is 3.96. The lowest BCUT2D eigenvalue weighted by Crippen LogP contribution is -2.52. The molecule has 1 aliphatic rings. The SMILES string of the molecule is CCc1ccsc1CNC(=O)C1(CC)CCCN1. The van der Waals surface area contributed by atoms with Gasteiger partial charge in [0.15, 0.2) is 0 Å². The predicted molar refractivity (Wildman–Crippen MR) is 75.8 cm³/mol. The Morgan fingerprint density at radius 2 is 2.39 bits per heavy atom. The zero-order valence-corrected chi connectivity index (χ0v) is 12.0. The van der Waals surface area contributed by atoms with Crippen molar-refractivity contribution in [2.75, 3.05) is 6.54 Å². The zero-order valence-electron chi connectivity index (χ0n) is 11.2. The van der Waals surface area contributed by atoms with E-state index in [1.54, 1.807) is 11.3 Å². The Balaban J connectivity index is 1.95. The number of hydrogen-bond acceptors (Lipinski definition) is 3. The molecule has 0 bridgehead atoms. The number of nitrogens with one attached hydrogen (secondary N) is 2. The lowest BCUT2D eigenvalue weighted by atomic mass is 9.93. The molecule has 2 rings (SSSR count). The Kier molecular flexibility index (Phi) is 4.40. The van der Waals surface area contributed by atoms with E-state index < -0.39 is 0 Å². The third-order valence-corrected chi connectivity index (χ3v) is 4.87. The molecule has 0 spiro atoms.